The Kier molecular flexibility index (Phi) is 5.82. The molecule has 7 nitrogen and oxygen atoms in total. The summed E-state index contributed by atoms with van der Waals surface area (Å²) in [6.07, 6.45) is 0.233. The van der Waals surface area contributed by atoms with E-state index in [-0.39, 0.29) is 23.3 Å². The van der Waals surface area contributed by atoms with Crippen molar-refractivity contribution in [3.05, 3.63) is 39.9 Å². The molecule has 1 aliphatic carbocycles. The number of nitro benzene ring substituents is 1. The molecule has 1 saturated carbocycles. The standard InChI is InChI=1S/C16H16BrNO6/c1-9(19)7-13(20)24-16(21)15-12(5-6-17)14(15)10-3-2-4-11(8-10)18(22)23/h2-4,8,12,14-15H,5-7H2,1H3. The lowest BCUT2D eigenvalue weighted by molar-refractivity contribution is -0.384. The van der Waals surface area contributed by atoms with Gasteiger partial charge in [0.05, 0.1) is 10.8 Å². The van der Waals surface area contributed by atoms with E-state index in [1.807, 2.05) is 0 Å². The lowest BCUT2D eigenvalue weighted by Gasteiger charge is -2.02. The van der Waals surface area contributed by atoms with E-state index in [0.717, 1.165) is 0 Å². The van der Waals surface area contributed by atoms with Crippen molar-refractivity contribution in [3.63, 3.8) is 0 Å². The van der Waals surface area contributed by atoms with Crippen LogP contribution in [0.2, 0.25) is 0 Å². The molecule has 0 radical (unpaired) electrons. The number of Topliss-reactive ketones (excluding diaryl/α,β-unsaturated/α-hetero) is 1. The maximum Gasteiger partial charge on any atom is 0.320 e. The van der Waals surface area contributed by atoms with E-state index in [9.17, 15) is 24.5 Å². The second-order valence-corrected chi connectivity index (χ2v) is 6.51. The van der Waals surface area contributed by atoms with E-state index in [1.165, 1.54) is 19.1 Å². The second-order valence-electron chi connectivity index (χ2n) is 5.72. The van der Waals surface area contributed by atoms with Gasteiger partial charge in [-0.25, -0.2) is 0 Å². The number of non-ortho nitro benzene ring substituents is 1. The zero-order valence-corrected chi connectivity index (χ0v) is 14.5. The van der Waals surface area contributed by atoms with Gasteiger partial charge in [-0.3, -0.25) is 24.5 Å². The highest BCUT2D eigenvalue weighted by Gasteiger charge is 2.56. The number of ketones is 1. The van der Waals surface area contributed by atoms with Crippen LogP contribution in [0.4, 0.5) is 5.69 Å². The van der Waals surface area contributed by atoms with Gasteiger partial charge >= 0.3 is 11.9 Å². The van der Waals surface area contributed by atoms with Crippen molar-refractivity contribution >= 4 is 39.3 Å². The third-order valence-corrected chi connectivity index (χ3v) is 4.41. The summed E-state index contributed by atoms with van der Waals surface area (Å²) in [5, 5.41) is 11.6. The monoisotopic (exact) mass is 397 g/mol. The molecule has 0 aliphatic heterocycles. The Hall–Kier alpha value is -2.09. The van der Waals surface area contributed by atoms with Crippen LogP contribution in [0, 0.1) is 22.0 Å². The fraction of sp³-hybridized carbons (Fsp3) is 0.438. The number of alkyl halides is 1. The van der Waals surface area contributed by atoms with Gasteiger partial charge in [0.2, 0.25) is 0 Å². The minimum absolute atomic E-state index is 0.0447. The Morgan fingerprint density at radius 2 is 2.04 bits per heavy atom. The molecule has 2 rings (SSSR count). The first-order valence-electron chi connectivity index (χ1n) is 7.39. The van der Waals surface area contributed by atoms with Gasteiger partial charge in [0.15, 0.2) is 0 Å². The molecule has 0 heterocycles. The number of nitrogens with zero attached hydrogens (tertiary/aromatic N) is 1. The molecule has 8 heteroatoms. The van der Waals surface area contributed by atoms with Crippen LogP contribution in [-0.4, -0.2) is 28.0 Å². The molecule has 1 aromatic carbocycles. The molecular weight excluding hydrogens is 382 g/mol. The van der Waals surface area contributed by atoms with Crippen LogP contribution in [0.25, 0.3) is 0 Å². The number of carbonyl (C=O) groups is 3. The number of esters is 2. The lowest BCUT2D eigenvalue weighted by Crippen LogP contribution is -2.17. The van der Waals surface area contributed by atoms with Gasteiger partial charge in [0.25, 0.3) is 5.69 Å². The molecule has 0 aromatic heterocycles. The Balaban J connectivity index is 2.13. The molecule has 1 fully saturated rings. The van der Waals surface area contributed by atoms with Crippen LogP contribution in [0.3, 0.4) is 0 Å². The second kappa shape index (κ2) is 7.65. The summed E-state index contributed by atoms with van der Waals surface area (Å²) < 4.78 is 4.74. The number of ether oxygens (including phenoxy) is 1. The van der Waals surface area contributed by atoms with Crippen molar-refractivity contribution in [2.75, 3.05) is 5.33 Å². The first-order chi connectivity index (χ1) is 11.3. The Bertz CT molecular complexity index is 689. The zero-order valence-electron chi connectivity index (χ0n) is 12.9. The van der Waals surface area contributed by atoms with Crippen LogP contribution < -0.4 is 0 Å². The first-order valence-corrected chi connectivity index (χ1v) is 8.51. The zero-order chi connectivity index (χ0) is 17.9. The number of halogens is 1. The van der Waals surface area contributed by atoms with E-state index >= 15 is 0 Å². The van der Waals surface area contributed by atoms with Crippen LogP contribution in [-0.2, 0) is 19.1 Å². The van der Waals surface area contributed by atoms with Gasteiger partial charge in [-0.2, -0.15) is 0 Å². The quantitative estimate of drug-likeness (QED) is 0.230. The smallest absolute Gasteiger partial charge is 0.320 e. The van der Waals surface area contributed by atoms with Crippen LogP contribution in [0.15, 0.2) is 24.3 Å². The van der Waals surface area contributed by atoms with Gasteiger partial charge in [0, 0.05) is 23.4 Å². The average molecular weight is 398 g/mol. The fourth-order valence-corrected chi connectivity index (χ4v) is 3.43. The van der Waals surface area contributed by atoms with Crippen LogP contribution in [0.5, 0.6) is 0 Å². The Morgan fingerprint density at radius 1 is 1.33 bits per heavy atom. The molecule has 1 aliphatic rings. The van der Waals surface area contributed by atoms with E-state index in [2.05, 4.69) is 15.9 Å². The van der Waals surface area contributed by atoms with E-state index in [4.69, 9.17) is 4.74 Å². The number of nitro groups is 1. The van der Waals surface area contributed by atoms with E-state index < -0.39 is 29.2 Å². The molecule has 3 unspecified atom stereocenters. The number of hydrogen-bond donors (Lipinski definition) is 0. The van der Waals surface area contributed by atoms with E-state index in [1.54, 1.807) is 12.1 Å². The van der Waals surface area contributed by atoms with E-state index in [0.29, 0.717) is 17.3 Å². The lowest BCUT2D eigenvalue weighted by atomic mass is 10.1. The highest BCUT2D eigenvalue weighted by Crippen LogP contribution is 2.57. The SMILES string of the molecule is CC(=O)CC(=O)OC(=O)C1C(CCBr)C1c1cccc([N+](=O)[O-])c1. The van der Waals surface area contributed by atoms with Gasteiger partial charge in [-0.1, -0.05) is 28.1 Å². The molecule has 1 aromatic rings. The number of hydrogen-bond acceptors (Lipinski definition) is 6. The third-order valence-electron chi connectivity index (χ3n) is 3.96. The Morgan fingerprint density at radius 3 is 2.62 bits per heavy atom. The predicted molar refractivity (Wildman–Crippen MR) is 87.6 cm³/mol. The molecule has 0 saturated heterocycles. The number of benzene rings is 1. The molecule has 0 amide bonds. The molecule has 3 atom stereocenters. The minimum atomic E-state index is -0.866. The van der Waals surface area contributed by atoms with Crippen LogP contribution >= 0.6 is 15.9 Å². The molecule has 24 heavy (non-hydrogen) atoms. The average Bonchev–Trinajstić information content (AvgIpc) is 3.21. The maximum absolute atomic E-state index is 12.2. The summed E-state index contributed by atoms with van der Waals surface area (Å²) in [4.78, 5) is 45.0. The normalized spacial score (nSPS) is 21.8. The molecule has 0 N–H and O–H groups in total. The van der Waals surface area contributed by atoms with Crippen molar-refractivity contribution < 1.29 is 24.0 Å². The topological polar surface area (TPSA) is 104 Å². The van der Waals surface area contributed by atoms with Crippen molar-refractivity contribution in [1.29, 1.82) is 0 Å². The number of carbonyl (C=O) groups excluding carboxylic acids is 3. The third kappa shape index (κ3) is 4.25. The highest BCUT2D eigenvalue weighted by molar-refractivity contribution is 9.09. The molecule has 0 bridgehead atoms. The van der Waals surface area contributed by atoms with Gasteiger partial charge in [-0.15, -0.1) is 0 Å². The summed E-state index contributed by atoms with van der Waals surface area (Å²) in [6.45, 7) is 1.24. The van der Waals surface area contributed by atoms with Gasteiger partial charge in [-0.05, 0) is 24.8 Å². The van der Waals surface area contributed by atoms with Crippen molar-refractivity contribution in [2.24, 2.45) is 11.8 Å². The summed E-state index contributed by atoms with van der Waals surface area (Å²) in [5.74, 6) is -2.72. The van der Waals surface area contributed by atoms with Crippen LogP contribution in [0.1, 0.15) is 31.2 Å². The largest absolute Gasteiger partial charge is 0.393 e. The summed E-state index contributed by atoms with van der Waals surface area (Å²) in [7, 11) is 0. The van der Waals surface area contributed by atoms with Gasteiger partial charge < -0.3 is 4.74 Å². The minimum Gasteiger partial charge on any atom is -0.393 e. The summed E-state index contributed by atoms with van der Waals surface area (Å²) >= 11 is 3.32. The maximum atomic E-state index is 12.2. The highest BCUT2D eigenvalue weighted by atomic mass is 79.9. The predicted octanol–water partition coefficient (Wildman–Crippen LogP) is 2.76. The van der Waals surface area contributed by atoms with Crippen molar-refractivity contribution in [1.82, 2.24) is 0 Å². The summed E-state index contributed by atoms with van der Waals surface area (Å²) in [5.41, 5.74) is 0.632. The van der Waals surface area contributed by atoms with Gasteiger partial charge in [0.1, 0.15) is 12.2 Å². The fourth-order valence-electron chi connectivity index (χ4n) is 2.90. The first kappa shape index (κ1) is 18.3. The molecule has 128 valence electrons. The molecular formula is C16H16BrNO6. The Labute approximate surface area is 146 Å². The van der Waals surface area contributed by atoms with Crippen molar-refractivity contribution in [3.8, 4) is 0 Å². The summed E-state index contributed by atoms with van der Waals surface area (Å²) in [6, 6.07) is 6.12. The molecule has 0 spiro atoms. The number of rotatable bonds is 7. The van der Waals surface area contributed by atoms with Crippen molar-refractivity contribution in [2.45, 2.75) is 25.7 Å².